The van der Waals surface area contributed by atoms with E-state index in [1.54, 1.807) is 18.2 Å². The zero-order valence-electron chi connectivity index (χ0n) is 24.4. The first-order valence-corrected chi connectivity index (χ1v) is 14.6. The van der Waals surface area contributed by atoms with E-state index < -0.39 is 7.32 Å². The van der Waals surface area contributed by atoms with Crippen LogP contribution < -0.4 is 28.2 Å². The largest absolute Gasteiger partial charge is 0.870 e. The van der Waals surface area contributed by atoms with Crippen molar-refractivity contribution in [2.45, 2.75) is 40.0 Å². The van der Waals surface area contributed by atoms with E-state index in [0.717, 1.165) is 35.4 Å². The lowest BCUT2D eigenvalue weighted by molar-refractivity contribution is 0.230. The van der Waals surface area contributed by atoms with Crippen molar-refractivity contribution in [3.05, 3.63) is 72.8 Å². The second kappa shape index (κ2) is 13.0. The number of hydrogen-bond acceptors (Lipinski definition) is 9. The summed E-state index contributed by atoms with van der Waals surface area (Å²) in [7, 11) is -1.32. The summed E-state index contributed by atoms with van der Waals surface area (Å²) in [4.78, 5) is 0. The van der Waals surface area contributed by atoms with E-state index in [1.807, 2.05) is 54.6 Å². The molecule has 0 bridgehead atoms. The molecule has 0 fully saturated rings. The molecule has 0 N–H and O–H groups in total. The van der Waals surface area contributed by atoms with Crippen LogP contribution in [0.1, 0.15) is 40.0 Å². The summed E-state index contributed by atoms with van der Waals surface area (Å²) in [5, 5.41) is 2.51. The van der Waals surface area contributed by atoms with Gasteiger partial charge in [0.15, 0.2) is 0 Å². The first-order valence-electron chi connectivity index (χ1n) is 14.6. The molecule has 0 spiro atoms. The van der Waals surface area contributed by atoms with Crippen LogP contribution in [0.2, 0.25) is 0 Å². The lowest BCUT2D eigenvalue weighted by atomic mass is 10.2. The molecule has 9 nitrogen and oxygen atoms in total. The van der Waals surface area contributed by atoms with Crippen LogP contribution in [0.25, 0.3) is 32.9 Å². The molecule has 0 aliphatic heterocycles. The molecule has 3 heterocycles. The van der Waals surface area contributed by atoms with E-state index in [-0.39, 0.29) is 17.8 Å². The highest BCUT2D eigenvalue weighted by Gasteiger charge is 2.34. The Kier molecular flexibility index (Phi) is 8.53. The van der Waals surface area contributed by atoms with Crippen LogP contribution in [0.5, 0.6) is 35.1 Å². The predicted octanol–water partition coefficient (Wildman–Crippen LogP) is 8.81. The number of hydrogen-bond donors (Lipinski definition) is 0. The minimum atomic E-state index is -1.32. The second-order valence-electron chi connectivity index (χ2n) is 9.98. The zero-order valence-corrected chi connectivity index (χ0v) is 24.4. The Labute approximate surface area is 249 Å². The second-order valence-corrected chi connectivity index (χ2v) is 9.98. The molecule has 0 saturated carbocycles. The fraction of sp³-hybridized carbons (Fsp3) is 0.273. The van der Waals surface area contributed by atoms with Crippen molar-refractivity contribution in [2.24, 2.45) is 0 Å². The SMILES string of the molecule is CCCOc1ccc2cc(OB(Oc3cc4ccc(OCCC)cc4o3)Oc3cc4ccc(OCCC)cc4o3)oc2c1. The summed E-state index contributed by atoms with van der Waals surface area (Å²) in [6, 6.07) is 22.1. The third kappa shape index (κ3) is 6.80. The van der Waals surface area contributed by atoms with Gasteiger partial charge >= 0.3 is 7.32 Å². The van der Waals surface area contributed by atoms with Crippen molar-refractivity contribution in [1.82, 2.24) is 0 Å². The molecule has 10 heteroatoms. The summed E-state index contributed by atoms with van der Waals surface area (Å²) in [6.45, 7) is 8.02. The maximum Gasteiger partial charge on any atom is 0.870 e. The van der Waals surface area contributed by atoms with E-state index in [0.29, 0.717) is 53.8 Å². The molecular formula is C33H33BO9. The maximum atomic E-state index is 6.05. The van der Waals surface area contributed by atoms with Gasteiger partial charge in [-0.2, -0.15) is 0 Å². The van der Waals surface area contributed by atoms with Gasteiger partial charge in [-0.05, 0) is 55.7 Å². The van der Waals surface area contributed by atoms with Crippen molar-refractivity contribution >= 4 is 40.2 Å². The van der Waals surface area contributed by atoms with E-state index in [2.05, 4.69) is 20.8 Å². The Morgan fingerprint density at radius 3 is 1.09 bits per heavy atom. The summed E-state index contributed by atoms with van der Waals surface area (Å²) in [5.41, 5.74) is 1.82. The van der Waals surface area contributed by atoms with Crippen molar-refractivity contribution < 1.29 is 41.4 Å². The van der Waals surface area contributed by atoms with Crippen LogP contribution in [0, 0.1) is 0 Å². The van der Waals surface area contributed by atoms with Crippen LogP contribution in [-0.2, 0) is 0 Å². The molecule has 0 amide bonds. The van der Waals surface area contributed by atoms with Crippen LogP contribution in [0.15, 0.2) is 86.0 Å². The molecule has 3 aromatic heterocycles. The number of furan rings is 3. The minimum Gasteiger partial charge on any atom is -0.493 e. The third-order valence-electron chi connectivity index (χ3n) is 6.46. The molecular weight excluding hydrogens is 551 g/mol. The Morgan fingerprint density at radius 1 is 0.465 bits per heavy atom. The first-order chi connectivity index (χ1) is 21.1. The highest BCUT2D eigenvalue weighted by atomic mass is 16.8. The van der Waals surface area contributed by atoms with Crippen molar-refractivity contribution in [3.8, 4) is 35.1 Å². The highest BCUT2D eigenvalue weighted by Crippen LogP contribution is 2.33. The molecule has 0 aliphatic rings. The zero-order chi connectivity index (χ0) is 29.6. The van der Waals surface area contributed by atoms with Gasteiger partial charge in [0.1, 0.15) is 34.0 Å². The van der Waals surface area contributed by atoms with Crippen LogP contribution >= 0.6 is 0 Å². The average molecular weight is 584 g/mol. The molecule has 0 radical (unpaired) electrons. The van der Waals surface area contributed by atoms with E-state index in [9.17, 15) is 0 Å². The Balaban J connectivity index is 1.26. The molecule has 43 heavy (non-hydrogen) atoms. The Bertz CT molecular complexity index is 1590. The van der Waals surface area contributed by atoms with Crippen molar-refractivity contribution in [2.75, 3.05) is 19.8 Å². The van der Waals surface area contributed by atoms with Gasteiger partial charge < -0.3 is 41.4 Å². The third-order valence-corrected chi connectivity index (χ3v) is 6.46. The lowest BCUT2D eigenvalue weighted by Gasteiger charge is -2.11. The maximum absolute atomic E-state index is 6.05. The lowest BCUT2D eigenvalue weighted by Crippen LogP contribution is -2.36. The number of benzene rings is 3. The standard InChI is InChI=1S/C33H33BO9/c1-4-13-35-25-10-7-22-16-31(38-28(22)19-25)41-34(42-32-17-23-8-11-26(36-14-5-2)20-29(23)39-32)43-33-18-24-9-12-27(37-15-6-3)21-30(24)40-33/h7-12,16-21H,4-6,13-15H2,1-3H3. The molecule has 6 aromatic rings. The van der Waals surface area contributed by atoms with Gasteiger partial charge in [0, 0.05) is 52.6 Å². The normalized spacial score (nSPS) is 11.2. The molecule has 0 atom stereocenters. The molecule has 222 valence electrons. The van der Waals surface area contributed by atoms with E-state index in [4.69, 9.17) is 41.4 Å². The van der Waals surface area contributed by atoms with Crippen molar-refractivity contribution in [3.63, 3.8) is 0 Å². The summed E-state index contributed by atoms with van der Waals surface area (Å²) in [5.74, 6) is 2.70. The number of fused-ring (bicyclic) bond motifs is 3. The van der Waals surface area contributed by atoms with Gasteiger partial charge in [-0.15, -0.1) is 0 Å². The number of rotatable bonds is 15. The fourth-order valence-electron chi connectivity index (χ4n) is 4.42. The Morgan fingerprint density at radius 2 is 0.791 bits per heavy atom. The summed E-state index contributed by atoms with van der Waals surface area (Å²) in [6.07, 6.45) is 2.72. The molecule has 6 rings (SSSR count). The summed E-state index contributed by atoms with van der Waals surface area (Å²) < 4.78 is 53.3. The van der Waals surface area contributed by atoms with Gasteiger partial charge in [-0.25, -0.2) is 0 Å². The van der Waals surface area contributed by atoms with E-state index >= 15 is 0 Å². The van der Waals surface area contributed by atoms with Crippen LogP contribution in [-0.4, -0.2) is 27.1 Å². The minimum absolute atomic E-state index is 0.186. The van der Waals surface area contributed by atoms with Gasteiger partial charge in [-0.3, -0.25) is 0 Å². The van der Waals surface area contributed by atoms with Gasteiger partial charge in [-0.1, -0.05) is 20.8 Å². The quantitative estimate of drug-likeness (QED) is 0.110. The Hall–Kier alpha value is -4.86. The number of ether oxygens (including phenoxy) is 3. The highest BCUT2D eigenvalue weighted by molar-refractivity contribution is 6.39. The smallest absolute Gasteiger partial charge is 0.493 e. The molecule has 0 aliphatic carbocycles. The van der Waals surface area contributed by atoms with Gasteiger partial charge in [0.2, 0.25) is 0 Å². The monoisotopic (exact) mass is 584 g/mol. The first kappa shape index (κ1) is 28.3. The molecule has 3 aromatic carbocycles. The van der Waals surface area contributed by atoms with Gasteiger partial charge in [0.05, 0.1) is 19.8 Å². The molecule has 0 unspecified atom stereocenters. The van der Waals surface area contributed by atoms with Crippen molar-refractivity contribution in [1.29, 1.82) is 0 Å². The topological polar surface area (TPSA) is 94.8 Å². The molecule has 0 saturated heterocycles. The average Bonchev–Trinajstić information content (AvgIpc) is 3.72. The fourth-order valence-corrected chi connectivity index (χ4v) is 4.42. The van der Waals surface area contributed by atoms with Gasteiger partial charge in [0.25, 0.3) is 17.8 Å². The van der Waals surface area contributed by atoms with Crippen LogP contribution in [0.3, 0.4) is 0 Å². The summed E-state index contributed by atoms with van der Waals surface area (Å²) >= 11 is 0. The van der Waals surface area contributed by atoms with E-state index in [1.165, 1.54) is 0 Å². The van der Waals surface area contributed by atoms with Crippen LogP contribution in [0.4, 0.5) is 0 Å². The predicted molar refractivity (Wildman–Crippen MR) is 164 cm³/mol.